The van der Waals surface area contributed by atoms with Gasteiger partial charge in [-0.15, -0.1) is 0 Å². The van der Waals surface area contributed by atoms with Gasteiger partial charge in [0.05, 0.1) is 9.98 Å². The molecule has 22 heavy (non-hydrogen) atoms. The molecule has 12 heteroatoms. The molecule has 10 nitrogen and oxygen atoms in total. The van der Waals surface area contributed by atoms with Gasteiger partial charge in [0.1, 0.15) is 0 Å². The molecule has 0 aliphatic carbocycles. The Morgan fingerprint density at radius 1 is 1.09 bits per heavy atom. The Morgan fingerprint density at radius 3 is 2.00 bits per heavy atom. The molecule has 0 bridgehead atoms. The van der Waals surface area contributed by atoms with Gasteiger partial charge in [-0.3, -0.25) is 0 Å². The van der Waals surface area contributed by atoms with Gasteiger partial charge in [-0.1, -0.05) is 0 Å². The Bertz CT molecular complexity index is 691. The van der Waals surface area contributed by atoms with Crippen molar-refractivity contribution < 1.29 is 35.9 Å². The molecule has 0 unspecified atom stereocenters. The summed E-state index contributed by atoms with van der Waals surface area (Å²) in [4.78, 5) is 15.9. The van der Waals surface area contributed by atoms with Crippen LogP contribution in [0.1, 0.15) is 0 Å². The molecular weight excluding hydrogens is 410 g/mol. The van der Waals surface area contributed by atoms with Gasteiger partial charge in [-0.2, -0.15) is 0 Å². The maximum Gasteiger partial charge on any atom is 1.00 e. The fourth-order valence-electron chi connectivity index (χ4n) is 1.18. The van der Waals surface area contributed by atoms with E-state index >= 15 is 0 Å². The third-order valence-electron chi connectivity index (χ3n) is 1.98. The summed E-state index contributed by atoms with van der Waals surface area (Å²) in [5.74, 6) is 0.0318. The molecule has 2 rings (SSSR count). The molecule has 1 aromatic carbocycles. The second kappa shape index (κ2) is 8.94. The molecule has 0 aliphatic rings. The zero-order valence-corrected chi connectivity index (χ0v) is 13.0. The van der Waals surface area contributed by atoms with Crippen molar-refractivity contribution >= 4 is 21.7 Å². The van der Waals surface area contributed by atoms with E-state index in [0.717, 1.165) is 0 Å². The third kappa shape index (κ3) is 6.99. The number of aromatic nitrogens is 2. The number of nitrogen functional groups attached to an aromatic ring is 1. The van der Waals surface area contributed by atoms with Crippen molar-refractivity contribution in [2.24, 2.45) is 0 Å². The average Bonchev–Trinajstić information content (AvgIpc) is 2.39. The number of benzene rings is 1. The molecule has 1 heterocycles. The second-order valence-corrected chi connectivity index (χ2v) is 5.15. The largest absolute Gasteiger partial charge is 1.00 e. The number of nitrogens with zero attached hydrogens (tertiary/aromatic N) is 3. The van der Waals surface area contributed by atoms with E-state index in [-0.39, 0.29) is 33.2 Å². The summed E-state index contributed by atoms with van der Waals surface area (Å²) in [6, 6.07) is 7.46. The van der Waals surface area contributed by atoms with E-state index in [4.69, 9.17) is 21.1 Å². The summed E-state index contributed by atoms with van der Waals surface area (Å²) in [6.45, 7) is 0. The summed E-state index contributed by atoms with van der Waals surface area (Å²) in [7, 11) is -3.66. The minimum absolute atomic E-state index is 0. The van der Waals surface area contributed by atoms with E-state index < -0.39 is 15.1 Å². The van der Waals surface area contributed by atoms with E-state index in [1.54, 1.807) is 6.07 Å². The molecule has 0 atom stereocenters. The molecule has 0 saturated carbocycles. The van der Waals surface area contributed by atoms with Crippen molar-refractivity contribution in [3.63, 3.8) is 0 Å². The van der Waals surface area contributed by atoms with E-state index in [1.165, 1.54) is 36.7 Å². The Morgan fingerprint density at radius 2 is 1.55 bits per heavy atom. The summed E-state index contributed by atoms with van der Waals surface area (Å²) < 4.78 is 26.0. The molecule has 0 fully saturated rings. The van der Waals surface area contributed by atoms with E-state index in [9.17, 15) is 8.42 Å². The van der Waals surface area contributed by atoms with Crippen LogP contribution >= 0.6 is 0 Å². The number of rotatable bonds is 3. The van der Waals surface area contributed by atoms with Crippen molar-refractivity contribution in [2.45, 2.75) is 4.90 Å². The predicted octanol–water partition coefficient (Wildman–Crippen LogP) is 0.618. The third-order valence-corrected chi connectivity index (χ3v) is 3.33. The number of nitrogens with two attached hydrogens (primary N) is 1. The minimum atomic E-state index is -3.66. The molecule has 1 aromatic heterocycles. The van der Waals surface area contributed by atoms with Crippen molar-refractivity contribution in [3.05, 3.63) is 58.0 Å². The first kappa shape index (κ1) is 19.8. The van der Waals surface area contributed by atoms with Crippen molar-refractivity contribution in [3.8, 4) is 0 Å². The van der Waals surface area contributed by atoms with Crippen LogP contribution in [0.15, 0.2) is 47.6 Å². The van der Waals surface area contributed by atoms with Gasteiger partial charge < -0.3 is 21.1 Å². The van der Waals surface area contributed by atoms with Gasteiger partial charge in [0.2, 0.25) is 5.95 Å². The van der Waals surface area contributed by atoms with Crippen LogP contribution in [0.4, 0.5) is 11.6 Å². The Balaban J connectivity index is 0.000000791. The topological polar surface area (TPSA) is 164 Å². The number of hydrogen-bond acceptors (Lipinski definition) is 8. The van der Waals surface area contributed by atoms with E-state index in [1.807, 2.05) is 0 Å². The summed E-state index contributed by atoms with van der Waals surface area (Å²) in [6.07, 6.45) is 2.90. The van der Waals surface area contributed by atoms with Crippen molar-refractivity contribution in [1.82, 2.24) is 9.97 Å². The summed E-state index contributed by atoms with van der Waals surface area (Å²) >= 11 is 0. The van der Waals surface area contributed by atoms with Gasteiger partial charge in [0.25, 0.3) is 10.0 Å². The number of hydrogen-bond donors (Lipinski definition) is 2. The van der Waals surface area contributed by atoms with Crippen LogP contribution in [-0.4, -0.2) is 23.5 Å². The first-order valence-corrected chi connectivity index (χ1v) is 6.76. The molecule has 0 amide bonds. The zero-order chi connectivity index (χ0) is 15.9. The van der Waals surface area contributed by atoms with Gasteiger partial charge >= 0.3 is 22.4 Å². The van der Waals surface area contributed by atoms with E-state index in [0.29, 0.717) is 5.69 Å². The molecule has 0 radical (unpaired) electrons. The minimum Gasteiger partial charge on any atom is -0.399 e. The summed E-state index contributed by atoms with van der Waals surface area (Å²) in [5, 5.41) is 14.8. The quantitative estimate of drug-likeness (QED) is 0.316. The molecule has 0 aliphatic heterocycles. The molecule has 3 N–H and O–H groups in total. The van der Waals surface area contributed by atoms with Crippen molar-refractivity contribution in [1.29, 1.82) is 0 Å². The first-order valence-electron chi connectivity index (χ1n) is 5.28. The van der Waals surface area contributed by atoms with E-state index in [2.05, 4.69) is 14.7 Å². The molecule has 0 spiro atoms. The van der Waals surface area contributed by atoms with Crippen LogP contribution in [0.2, 0.25) is 0 Å². The van der Waals surface area contributed by atoms with Gasteiger partial charge in [0.15, 0.2) is 0 Å². The maximum atomic E-state index is 11.9. The van der Waals surface area contributed by atoms with Gasteiger partial charge in [0, 0.05) is 18.1 Å². The van der Waals surface area contributed by atoms with Gasteiger partial charge in [-0.25, -0.2) is 23.1 Å². The zero-order valence-electron chi connectivity index (χ0n) is 10.7. The van der Waals surface area contributed by atoms with Crippen LogP contribution in [-0.2, 0) is 32.4 Å². The van der Waals surface area contributed by atoms with Crippen molar-refractivity contribution in [2.75, 3.05) is 10.5 Å². The summed E-state index contributed by atoms with van der Waals surface area (Å²) in [5.41, 5.74) is 5.98. The maximum absolute atomic E-state index is 11.9. The average molecular weight is 420 g/mol. The standard InChI is InChI=1S/C10H10N4O2S.Ag.NO3/c11-8-2-4-9(5-3-8)17(15,16)14-10-12-6-1-7-13-10;;2-1(3)4/h1-7H,11H2,(H,12,13,14);;/q;+1;-1. The second-order valence-electron chi connectivity index (χ2n) is 3.47. The van der Waals surface area contributed by atoms with Crippen LogP contribution in [0, 0.1) is 15.3 Å². The molecule has 0 saturated heterocycles. The van der Waals surface area contributed by atoms with Crippen LogP contribution in [0.3, 0.4) is 0 Å². The van der Waals surface area contributed by atoms with Gasteiger partial charge in [-0.05, 0) is 30.3 Å². The molecule has 122 valence electrons. The normalized spacial score (nSPS) is 9.64. The van der Waals surface area contributed by atoms with Crippen LogP contribution in [0.5, 0.6) is 0 Å². The monoisotopic (exact) mass is 419 g/mol. The number of anilines is 2. The van der Waals surface area contributed by atoms with Crippen LogP contribution in [0.25, 0.3) is 0 Å². The Hall–Kier alpha value is -2.21. The fraction of sp³-hybridized carbons (Fsp3) is 0. The molecular formula is C10H10AgN5O5S. The molecule has 2 aromatic rings. The Labute approximate surface area is 141 Å². The smallest absolute Gasteiger partial charge is 0.399 e. The fourth-order valence-corrected chi connectivity index (χ4v) is 2.14. The predicted molar refractivity (Wildman–Crippen MR) is 74.1 cm³/mol. The van der Waals surface area contributed by atoms with Crippen LogP contribution < -0.4 is 10.5 Å². The SMILES string of the molecule is Nc1ccc(S(=O)(=O)Nc2ncccn2)cc1.O=[N+]([O-])[O-].[Ag+]. The number of nitrogens with one attached hydrogen (secondary N) is 1. The Kier molecular flexibility index (Phi) is 8.04. The number of sulfonamides is 1. The first-order chi connectivity index (χ1) is 9.81.